The fourth-order valence-corrected chi connectivity index (χ4v) is 5.13. The van der Waals surface area contributed by atoms with Gasteiger partial charge in [-0.05, 0) is 54.6 Å². The highest BCUT2D eigenvalue weighted by molar-refractivity contribution is 5.46. The van der Waals surface area contributed by atoms with Crippen LogP contribution in [0.2, 0.25) is 0 Å². The lowest BCUT2D eigenvalue weighted by Gasteiger charge is -2.46. The maximum atomic E-state index is 2.57. The predicted octanol–water partition coefficient (Wildman–Crippen LogP) is 5.41. The highest BCUT2D eigenvalue weighted by Crippen LogP contribution is 2.59. The van der Waals surface area contributed by atoms with E-state index < -0.39 is 0 Å². The van der Waals surface area contributed by atoms with Crippen molar-refractivity contribution < 1.29 is 0 Å². The molecule has 0 heteroatoms. The van der Waals surface area contributed by atoms with Crippen LogP contribution in [0, 0.1) is 11.3 Å². The van der Waals surface area contributed by atoms with Crippen molar-refractivity contribution in [1.82, 2.24) is 0 Å². The first-order valence-electron chi connectivity index (χ1n) is 8.21. The van der Waals surface area contributed by atoms with E-state index >= 15 is 0 Å². The van der Waals surface area contributed by atoms with Gasteiger partial charge in [0, 0.05) is 5.92 Å². The highest BCUT2D eigenvalue weighted by atomic mass is 14.5. The molecule has 0 spiro atoms. The molecule has 0 bridgehead atoms. The maximum absolute atomic E-state index is 2.57. The van der Waals surface area contributed by atoms with Crippen molar-refractivity contribution in [3.8, 4) is 0 Å². The van der Waals surface area contributed by atoms with Gasteiger partial charge in [0.1, 0.15) is 0 Å². The summed E-state index contributed by atoms with van der Waals surface area (Å²) >= 11 is 0. The summed E-state index contributed by atoms with van der Waals surface area (Å²) in [6.45, 7) is 4.85. The Labute approximate surface area is 122 Å². The van der Waals surface area contributed by atoms with Crippen molar-refractivity contribution >= 4 is 0 Å². The van der Waals surface area contributed by atoms with Crippen molar-refractivity contribution in [2.24, 2.45) is 11.3 Å². The third-order valence-corrected chi connectivity index (χ3v) is 6.23. The third kappa shape index (κ3) is 1.54. The van der Waals surface area contributed by atoms with Gasteiger partial charge in [0.25, 0.3) is 0 Å². The summed E-state index contributed by atoms with van der Waals surface area (Å²) < 4.78 is 0. The van der Waals surface area contributed by atoms with Gasteiger partial charge in [-0.15, -0.1) is 0 Å². The van der Waals surface area contributed by atoms with E-state index in [4.69, 9.17) is 0 Å². The smallest absolute Gasteiger partial charge is 0.00546 e. The van der Waals surface area contributed by atoms with Crippen molar-refractivity contribution in [1.29, 1.82) is 0 Å². The minimum absolute atomic E-state index is 0.462. The van der Waals surface area contributed by atoms with Gasteiger partial charge in [-0.3, -0.25) is 0 Å². The van der Waals surface area contributed by atoms with E-state index in [9.17, 15) is 0 Å². The molecule has 0 N–H and O–H groups in total. The summed E-state index contributed by atoms with van der Waals surface area (Å²) in [4.78, 5) is 0. The summed E-state index contributed by atoms with van der Waals surface area (Å²) in [6, 6.07) is 9.11. The Hall–Kier alpha value is -1.30. The fourth-order valence-electron chi connectivity index (χ4n) is 5.13. The molecule has 1 fully saturated rings. The molecule has 0 amide bonds. The topological polar surface area (TPSA) is 0 Å². The third-order valence-electron chi connectivity index (χ3n) is 6.23. The largest absolute Gasteiger partial charge is 0.0841 e. The number of benzene rings is 1. The molecule has 4 rings (SSSR count). The van der Waals surface area contributed by atoms with Crippen LogP contribution >= 0.6 is 0 Å². The van der Waals surface area contributed by atoms with Crippen molar-refractivity contribution in [3.05, 3.63) is 58.7 Å². The monoisotopic (exact) mass is 264 g/mol. The zero-order chi connectivity index (χ0) is 13.7. The fraction of sp³-hybridized carbons (Fsp3) is 0.500. The second kappa shape index (κ2) is 4.35. The molecule has 0 saturated heterocycles. The Morgan fingerprint density at radius 3 is 2.90 bits per heavy atom. The van der Waals surface area contributed by atoms with Gasteiger partial charge in [0.2, 0.25) is 0 Å². The molecule has 1 aromatic carbocycles. The van der Waals surface area contributed by atoms with E-state index in [0.29, 0.717) is 11.3 Å². The van der Waals surface area contributed by atoms with Crippen LogP contribution < -0.4 is 0 Å². The van der Waals surface area contributed by atoms with Crippen LogP contribution in [0.15, 0.2) is 47.6 Å². The van der Waals surface area contributed by atoms with Crippen LogP contribution in [0.3, 0.4) is 0 Å². The van der Waals surface area contributed by atoms with Crippen molar-refractivity contribution in [3.63, 3.8) is 0 Å². The lowest BCUT2D eigenvalue weighted by Crippen LogP contribution is -2.35. The van der Waals surface area contributed by atoms with Crippen LogP contribution in [0.5, 0.6) is 0 Å². The molecule has 0 aromatic heterocycles. The standard InChI is InChI=1S/C20H24/c1-3-15-9-11-19-18-10-8-14-6-4-5-7-16(14)17(18)12-13-20(15,19)2/h4-7,9-10,17,19H,3,8,11-13H2,1-2H3. The minimum atomic E-state index is 0.462. The van der Waals surface area contributed by atoms with Gasteiger partial charge < -0.3 is 0 Å². The van der Waals surface area contributed by atoms with E-state index in [1.54, 1.807) is 22.3 Å². The quantitative estimate of drug-likeness (QED) is 0.595. The molecule has 20 heavy (non-hydrogen) atoms. The second-order valence-electron chi connectivity index (χ2n) is 6.99. The van der Waals surface area contributed by atoms with Gasteiger partial charge in [0.05, 0.1) is 0 Å². The molecule has 3 unspecified atom stereocenters. The lowest BCUT2D eigenvalue weighted by atomic mass is 9.58. The van der Waals surface area contributed by atoms with Gasteiger partial charge in [-0.2, -0.15) is 0 Å². The average molecular weight is 264 g/mol. The molecule has 1 saturated carbocycles. The molecule has 3 atom stereocenters. The summed E-state index contributed by atoms with van der Waals surface area (Å²) in [6.07, 6.45) is 11.5. The first kappa shape index (κ1) is 12.4. The summed E-state index contributed by atoms with van der Waals surface area (Å²) in [7, 11) is 0. The number of rotatable bonds is 1. The number of hydrogen-bond donors (Lipinski definition) is 0. The van der Waals surface area contributed by atoms with Gasteiger partial charge >= 0.3 is 0 Å². The molecule has 3 aliphatic rings. The molecule has 0 nitrogen and oxygen atoms in total. The molecule has 3 aliphatic carbocycles. The Morgan fingerprint density at radius 1 is 1.20 bits per heavy atom. The van der Waals surface area contributed by atoms with E-state index in [1.807, 2.05) is 0 Å². The SMILES string of the molecule is CCC1=CCC2C3=CCc4ccccc4C3CCC12C. The number of hydrogen-bond acceptors (Lipinski definition) is 0. The molecule has 1 aromatic rings. The van der Waals surface area contributed by atoms with Crippen LogP contribution in [0.4, 0.5) is 0 Å². The Morgan fingerprint density at radius 2 is 2.05 bits per heavy atom. The lowest BCUT2D eigenvalue weighted by molar-refractivity contribution is 0.214. The summed E-state index contributed by atoms with van der Waals surface area (Å²) in [5.41, 5.74) is 7.13. The molecular formula is C20H24. The zero-order valence-electron chi connectivity index (χ0n) is 12.7. The normalized spacial score (nSPS) is 34.7. The first-order chi connectivity index (χ1) is 9.74. The zero-order valence-corrected chi connectivity index (χ0v) is 12.7. The van der Waals surface area contributed by atoms with E-state index in [2.05, 4.69) is 50.3 Å². The van der Waals surface area contributed by atoms with Crippen LogP contribution in [-0.4, -0.2) is 0 Å². The first-order valence-corrected chi connectivity index (χ1v) is 8.21. The maximum Gasteiger partial charge on any atom is 0.00546 e. The van der Waals surface area contributed by atoms with E-state index in [1.165, 1.54) is 25.7 Å². The Bertz CT molecular complexity index is 604. The summed E-state index contributed by atoms with van der Waals surface area (Å²) in [5.74, 6) is 1.49. The highest BCUT2D eigenvalue weighted by Gasteiger charge is 2.48. The van der Waals surface area contributed by atoms with E-state index in [-0.39, 0.29) is 0 Å². The summed E-state index contributed by atoms with van der Waals surface area (Å²) in [5, 5.41) is 0. The molecular weight excluding hydrogens is 240 g/mol. The molecule has 0 aliphatic heterocycles. The van der Waals surface area contributed by atoms with Gasteiger partial charge in [0.15, 0.2) is 0 Å². The molecule has 104 valence electrons. The second-order valence-corrected chi connectivity index (χ2v) is 6.99. The predicted molar refractivity (Wildman–Crippen MR) is 84.8 cm³/mol. The van der Waals surface area contributed by atoms with Gasteiger partial charge in [-0.1, -0.05) is 61.4 Å². The van der Waals surface area contributed by atoms with Crippen LogP contribution in [0.1, 0.15) is 56.6 Å². The Kier molecular flexibility index (Phi) is 2.70. The van der Waals surface area contributed by atoms with Crippen molar-refractivity contribution in [2.75, 3.05) is 0 Å². The van der Waals surface area contributed by atoms with Crippen molar-refractivity contribution in [2.45, 2.75) is 51.9 Å². The number of fused-ring (bicyclic) bond motifs is 5. The minimum Gasteiger partial charge on any atom is -0.0841 e. The molecule has 0 heterocycles. The van der Waals surface area contributed by atoms with Crippen LogP contribution in [0.25, 0.3) is 0 Å². The number of allylic oxidation sites excluding steroid dienone is 4. The average Bonchev–Trinajstić information content (AvgIpc) is 2.83. The van der Waals surface area contributed by atoms with Crippen LogP contribution in [-0.2, 0) is 6.42 Å². The Balaban J connectivity index is 1.74. The molecule has 0 radical (unpaired) electrons. The van der Waals surface area contributed by atoms with E-state index in [0.717, 1.165) is 12.3 Å². The van der Waals surface area contributed by atoms with Gasteiger partial charge in [-0.25, -0.2) is 0 Å².